The molecule has 0 fully saturated rings. The van der Waals surface area contributed by atoms with Crippen molar-refractivity contribution in [2.45, 2.75) is 195 Å². The molecule has 0 amide bonds. The standard InChI is InChI=1S/C13H17N4.2C12H15N4.C11H12N5O3.C11H14N5.C3H8.2C2H6.CH3Br.CH3Cl.3CH4.5CH3.5W/c1-8(2)13-16-11(10(4)17(13)5)12-14-6-9(3)7-15-12;2*1-7(2)11-15-9(4)10(16-11)12-13-5-8(3)6-14-12;1-5(2)9-13-6(3)8(14-9)10-12-4-7(16(18)19)11(17)15-10;1-6(2)10-15-7(3)9(16-10)11-13-4-8(12)5-14-11;1-3-2;4*1-2;;;;;;;;;;;;;/h6-7H,1-5H3;2*5-6H,1-4H3,(H,15,16);4H,1-3H3,(H,13,14)(H,12,15,17);4-5H,12H2,1-3H3,(H,15,16);3H2,1-2H3;2*1-2H3;2*1H3;3*1H4;5*1H3;;;;;/q5*-1;;;;;;;;;5*-1;5*+2. The van der Waals surface area contributed by atoms with E-state index in [-0.39, 0.29) is 171 Å². The van der Waals surface area contributed by atoms with E-state index in [1.807, 2.05) is 157 Å². The summed E-state index contributed by atoms with van der Waals surface area (Å²) < 4.78 is 2.08. The van der Waals surface area contributed by atoms with Crippen LogP contribution in [0.5, 0.6) is 0 Å². The van der Waals surface area contributed by atoms with Gasteiger partial charge in [0.2, 0.25) is 0 Å². The van der Waals surface area contributed by atoms with Gasteiger partial charge in [-0.1, -0.05) is 86.2 Å². The fraction of sp³-hybridized carbons (Fsp3) is 0.408. The van der Waals surface area contributed by atoms with Gasteiger partial charge in [0.05, 0.1) is 23.0 Å². The van der Waals surface area contributed by atoms with Crippen LogP contribution in [0.2, 0.25) is 0 Å². The average Bonchev–Trinajstić information content (AvgIpc) is 1.66. The minimum absolute atomic E-state index is 0. The van der Waals surface area contributed by atoms with Crippen LogP contribution in [0.4, 0.5) is 11.4 Å². The zero-order valence-corrected chi connectivity index (χ0v) is 84.7. The first-order chi connectivity index (χ1) is 45.0. The van der Waals surface area contributed by atoms with Crippen LogP contribution in [0.25, 0.3) is 57.6 Å². The van der Waals surface area contributed by atoms with Crippen molar-refractivity contribution in [3.05, 3.63) is 217 Å². The van der Waals surface area contributed by atoms with Crippen LogP contribution in [0, 0.1) is 132 Å². The quantitative estimate of drug-likeness (QED) is 0.0303. The summed E-state index contributed by atoms with van der Waals surface area (Å²) in [4.78, 5) is 96.7. The third kappa shape index (κ3) is 40.8. The van der Waals surface area contributed by atoms with E-state index in [0.717, 1.165) is 121 Å². The molecule has 0 radical (unpaired) electrons. The van der Waals surface area contributed by atoms with Crippen molar-refractivity contribution < 1.29 is 110 Å². The number of nitrogen functional groups attached to an aromatic ring is 1. The molecule has 0 atom stereocenters. The number of nitrogens with zero attached hydrogens (tertiary/aromatic N) is 16. The summed E-state index contributed by atoms with van der Waals surface area (Å²) >= 11 is 7.58. The van der Waals surface area contributed by atoms with Gasteiger partial charge in [0.15, 0.2) is 29.1 Å². The van der Waals surface area contributed by atoms with Crippen LogP contribution in [-0.4, -0.2) is 116 Å². The van der Waals surface area contributed by atoms with Gasteiger partial charge in [-0.3, -0.25) is 44.8 Å². The molecule has 7 N–H and O–H groups in total. The van der Waals surface area contributed by atoms with Gasteiger partial charge in [0, 0.05) is 79.1 Å². The average molecular weight is 2430 g/mol. The molecule has 0 saturated carbocycles. The van der Waals surface area contributed by atoms with Crippen LogP contribution in [0.3, 0.4) is 0 Å². The number of rotatable bonds is 11. The van der Waals surface area contributed by atoms with E-state index in [4.69, 9.17) is 5.73 Å². The van der Waals surface area contributed by atoms with Gasteiger partial charge < -0.3 is 97.0 Å². The molecule has 108 heavy (non-hydrogen) atoms. The molecule has 0 bridgehead atoms. The van der Waals surface area contributed by atoms with E-state index in [2.05, 4.69) is 154 Å². The first kappa shape index (κ1) is 131. The van der Waals surface area contributed by atoms with E-state index < -0.39 is 16.2 Å². The summed E-state index contributed by atoms with van der Waals surface area (Å²) in [5, 5.41) is 10.6. The van der Waals surface area contributed by atoms with Crippen LogP contribution >= 0.6 is 27.5 Å². The number of aryl methyl sites for hydroxylation is 7. The molecule has 0 aliphatic rings. The maximum absolute atomic E-state index is 11.5. The number of nitro groups is 1. The Labute approximate surface area is 736 Å². The number of aromatic amines is 5. The van der Waals surface area contributed by atoms with Crippen molar-refractivity contribution in [1.82, 2.24) is 99.3 Å². The van der Waals surface area contributed by atoms with Gasteiger partial charge in [-0.05, 0) is 107 Å². The number of anilines is 1. The van der Waals surface area contributed by atoms with Crippen LogP contribution in [0.1, 0.15) is 214 Å². The third-order valence-electron chi connectivity index (χ3n) is 12.3. The predicted molar refractivity (Wildman–Crippen MR) is 440 cm³/mol. The smallest absolute Gasteiger partial charge is 0.396 e. The number of halogens is 2. The van der Waals surface area contributed by atoms with E-state index in [9.17, 15) is 14.9 Å². The minimum atomic E-state index is -0.795. The summed E-state index contributed by atoms with van der Waals surface area (Å²) in [5.41, 5.74) is 16.4. The van der Waals surface area contributed by atoms with Crippen molar-refractivity contribution in [3.8, 4) is 57.6 Å². The Morgan fingerprint density at radius 3 is 0.898 bits per heavy atom. The maximum Gasteiger partial charge on any atom is 2.00 e. The summed E-state index contributed by atoms with van der Waals surface area (Å²) in [6.45, 7) is 47.9. The monoisotopic (exact) mass is 2430 g/mol. The molecule has 0 unspecified atom stereocenters. The maximum atomic E-state index is 11.5. The molecule has 32 heteroatoms. The molecule has 10 heterocycles. The van der Waals surface area contributed by atoms with Crippen molar-refractivity contribution in [2.24, 2.45) is 7.05 Å². The Kier molecular flexibility index (Phi) is 82.6. The van der Waals surface area contributed by atoms with Gasteiger partial charge >= 0.3 is 117 Å². The number of alkyl halides is 2. The molecule has 25 nitrogen and oxygen atoms in total. The number of nitrogens with two attached hydrogens (primary N) is 1. The Hall–Kier alpha value is -5.99. The van der Waals surface area contributed by atoms with Crippen molar-refractivity contribution in [3.63, 3.8) is 0 Å². The Morgan fingerprint density at radius 2 is 0.676 bits per heavy atom. The second kappa shape index (κ2) is 67.9. The Morgan fingerprint density at radius 1 is 0.435 bits per heavy atom. The molecule has 0 saturated heterocycles. The molecule has 0 aliphatic heterocycles. The fourth-order valence-corrected chi connectivity index (χ4v) is 7.55. The van der Waals surface area contributed by atoms with Gasteiger partial charge in [-0.25, -0.2) is 44.9 Å². The number of nitrogens with one attached hydrogen (secondary N) is 5. The largest absolute Gasteiger partial charge is 2.00 e. The first-order valence-electron chi connectivity index (χ1n) is 30.8. The molecule has 0 aliphatic carbocycles. The van der Waals surface area contributed by atoms with E-state index in [1.165, 1.54) is 18.7 Å². The van der Waals surface area contributed by atoms with Gasteiger partial charge in [-0.2, -0.15) is 69.2 Å². The second-order valence-electron chi connectivity index (χ2n) is 21.7. The Balaban J connectivity index is -0.0000000893. The summed E-state index contributed by atoms with van der Waals surface area (Å²) in [7, 11) is 2.02. The zero-order valence-electron chi connectivity index (χ0n) is 67.7. The topological polar surface area (TPSA) is 351 Å². The van der Waals surface area contributed by atoms with Gasteiger partial charge in [0.25, 0.3) is 0 Å². The molecular formula is C76H126BrClN22O3W5. The first-order valence-corrected chi connectivity index (χ1v) is 33.2. The van der Waals surface area contributed by atoms with Gasteiger partial charge in [0.1, 0.15) is 34.7 Å². The molecule has 0 aromatic carbocycles. The molecule has 10 aromatic rings. The number of hydrogen-bond donors (Lipinski definition) is 6. The zero-order chi connectivity index (χ0) is 72.6. The number of hydrogen-bond acceptors (Lipinski definition) is 18. The van der Waals surface area contributed by atoms with Crippen LogP contribution in [0.15, 0.2) is 60.6 Å². The molecule has 10 aromatic heterocycles. The SMILES string of the molecule is C.C.C.CBr.CC.CC.CCC.CCl.Cc1[nH]c([C-](C)C)nc1-c1ncc(N)cn1.Cc1[nH]c([C-](C)C)nc1-c1ncc([N+](=O)[O-])c(=O)[nH]1.Cc1cnc(-c2nc([C-](C)C)[nH]c2C)nc1.Cc1cnc(-c2nc([C-](C)C)[nH]c2C)nc1.Cc1cnc(-c2nc([C-](C)C)n(C)c2C)nc1.[CH3-].[CH3-].[CH3-].[CH3-].[CH3-].[W+2].[W+2].[W+2].[W+2].[W+2]. The Bertz CT molecular complexity index is 3670. The third-order valence-corrected chi connectivity index (χ3v) is 12.3. The summed E-state index contributed by atoms with van der Waals surface area (Å²) in [6, 6.07) is 0. The van der Waals surface area contributed by atoms with Gasteiger partial charge in [-0.15, -0.1) is 11.6 Å². The van der Waals surface area contributed by atoms with Crippen molar-refractivity contribution >= 4 is 38.9 Å². The van der Waals surface area contributed by atoms with E-state index >= 15 is 0 Å². The molecule has 602 valence electrons. The van der Waals surface area contributed by atoms with Crippen LogP contribution in [-0.2, 0) is 112 Å². The fourth-order valence-electron chi connectivity index (χ4n) is 7.55. The van der Waals surface area contributed by atoms with E-state index in [1.54, 1.807) is 44.1 Å². The van der Waals surface area contributed by atoms with Crippen molar-refractivity contribution in [2.75, 3.05) is 17.9 Å². The van der Waals surface area contributed by atoms with E-state index in [0.29, 0.717) is 40.5 Å². The summed E-state index contributed by atoms with van der Waals surface area (Å²) in [5.74, 6) is 14.6. The molecule has 0 spiro atoms. The molecule has 10 rings (SSSR count). The second-order valence-corrected chi connectivity index (χ2v) is 21.7. The predicted octanol–water partition coefficient (Wildman–Crippen LogP) is 19.9. The minimum Gasteiger partial charge on any atom is -0.396 e. The normalized spacial score (nSPS) is 8.56. The number of H-pyrrole nitrogens is 5. The van der Waals surface area contributed by atoms with Crippen LogP contribution < -0.4 is 11.3 Å². The number of imidazole rings is 5. The molecular weight excluding hydrogens is 2300 g/mol. The number of aromatic nitrogens is 20. The van der Waals surface area contributed by atoms with Crippen molar-refractivity contribution in [1.29, 1.82) is 0 Å². The summed E-state index contributed by atoms with van der Waals surface area (Å²) in [6.07, 6.45) is 17.7.